The lowest BCUT2D eigenvalue weighted by atomic mass is 10.1. The molecule has 0 aliphatic heterocycles. The molecule has 0 spiro atoms. The van der Waals surface area contributed by atoms with E-state index in [-0.39, 0.29) is 10.0 Å². The van der Waals surface area contributed by atoms with E-state index in [1.807, 2.05) is 6.07 Å². The zero-order valence-corrected chi connectivity index (χ0v) is 11.5. The number of hydrogen-bond acceptors (Lipinski definition) is 2. The van der Waals surface area contributed by atoms with Crippen molar-refractivity contribution in [3.8, 4) is 6.07 Å². The van der Waals surface area contributed by atoms with Crippen LogP contribution in [0, 0.1) is 23.0 Å². The Balaban J connectivity index is 2.26. The molecule has 1 N–H and O–H groups in total. The van der Waals surface area contributed by atoms with Crippen molar-refractivity contribution >= 4 is 27.5 Å². The van der Waals surface area contributed by atoms with Crippen LogP contribution >= 0.6 is 15.9 Å². The molecule has 0 aliphatic carbocycles. The molecule has 2 aromatic rings. The van der Waals surface area contributed by atoms with Crippen molar-refractivity contribution in [3.63, 3.8) is 0 Å². The van der Waals surface area contributed by atoms with E-state index in [0.717, 1.165) is 12.1 Å². The molecule has 100 valence electrons. The molecule has 0 aliphatic rings. The largest absolute Gasteiger partial charge is 0.317 e. The first kappa shape index (κ1) is 14.2. The molecule has 0 saturated heterocycles. The summed E-state index contributed by atoms with van der Waals surface area (Å²) in [5.41, 5.74) is 0.0795. The predicted molar refractivity (Wildman–Crippen MR) is 73.2 cm³/mol. The van der Waals surface area contributed by atoms with Crippen molar-refractivity contribution < 1.29 is 13.6 Å². The summed E-state index contributed by atoms with van der Waals surface area (Å²) < 4.78 is 27.4. The zero-order chi connectivity index (χ0) is 14.7. The van der Waals surface area contributed by atoms with Gasteiger partial charge in [0, 0.05) is 10.0 Å². The minimum atomic E-state index is -0.876. The van der Waals surface area contributed by atoms with Crippen molar-refractivity contribution in [1.29, 1.82) is 5.26 Å². The summed E-state index contributed by atoms with van der Waals surface area (Å²) in [6.45, 7) is 0. The average molecular weight is 337 g/mol. The second-order valence-corrected chi connectivity index (χ2v) is 4.80. The number of anilines is 1. The molecule has 20 heavy (non-hydrogen) atoms. The van der Waals surface area contributed by atoms with Gasteiger partial charge < -0.3 is 5.32 Å². The summed E-state index contributed by atoms with van der Waals surface area (Å²) in [6.07, 6.45) is 0. The predicted octanol–water partition coefficient (Wildman–Crippen LogP) is 3.85. The van der Waals surface area contributed by atoms with Gasteiger partial charge >= 0.3 is 0 Å². The molecule has 6 heteroatoms. The number of nitrogens with one attached hydrogen (secondary N) is 1. The van der Waals surface area contributed by atoms with Crippen molar-refractivity contribution in [2.45, 2.75) is 0 Å². The van der Waals surface area contributed by atoms with Crippen molar-refractivity contribution in [1.82, 2.24) is 0 Å². The molecule has 0 unspecified atom stereocenters. The van der Waals surface area contributed by atoms with Crippen LogP contribution in [0.1, 0.15) is 15.9 Å². The number of nitrogens with zero attached hydrogens (tertiary/aromatic N) is 1. The molecule has 0 saturated carbocycles. The van der Waals surface area contributed by atoms with Gasteiger partial charge in [-0.2, -0.15) is 5.26 Å². The molecular weight excluding hydrogens is 330 g/mol. The number of nitriles is 1. The monoisotopic (exact) mass is 336 g/mol. The second-order valence-electron chi connectivity index (χ2n) is 3.89. The van der Waals surface area contributed by atoms with Gasteiger partial charge in [-0.15, -0.1) is 0 Å². The Labute approximate surface area is 122 Å². The van der Waals surface area contributed by atoms with E-state index in [9.17, 15) is 13.6 Å². The van der Waals surface area contributed by atoms with Crippen molar-refractivity contribution in [3.05, 3.63) is 63.6 Å². The first-order valence-electron chi connectivity index (χ1n) is 5.47. The molecular formula is C14H7BrF2N2O. The summed E-state index contributed by atoms with van der Waals surface area (Å²) in [6, 6.07) is 9.72. The maximum absolute atomic E-state index is 13.6. The fraction of sp³-hybridized carbons (Fsp3) is 0. The highest BCUT2D eigenvalue weighted by Crippen LogP contribution is 2.24. The SMILES string of the molecule is N#Cc1ccc(C(=O)Nc2c(F)cc(Br)cc2F)cc1. The van der Waals surface area contributed by atoms with E-state index in [2.05, 4.69) is 21.2 Å². The Kier molecular flexibility index (Phi) is 4.11. The number of hydrogen-bond donors (Lipinski definition) is 1. The molecule has 0 fully saturated rings. The summed E-state index contributed by atoms with van der Waals surface area (Å²) in [5, 5.41) is 10.8. The van der Waals surface area contributed by atoms with Gasteiger partial charge in [-0.1, -0.05) is 15.9 Å². The van der Waals surface area contributed by atoms with E-state index in [4.69, 9.17) is 5.26 Å². The molecule has 3 nitrogen and oxygen atoms in total. The lowest BCUT2D eigenvalue weighted by Crippen LogP contribution is -2.14. The number of halogens is 3. The first-order chi connectivity index (χ1) is 9.51. The third-order valence-electron chi connectivity index (χ3n) is 2.52. The van der Waals surface area contributed by atoms with Gasteiger partial charge in [0.05, 0.1) is 11.6 Å². The maximum Gasteiger partial charge on any atom is 0.255 e. The number of benzene rings is 2. The molecule has 0 heterocycles. The molecule has 0 aromatic heterocycles. The smallest absolute Gasteiger partial charge is 0.255 e. The third-order valence-corrected chi connectivity index (χ3v) is 2.98. The molecule has 0 radical (unpaired) electrons. The van der Waals surface area contributed by atoms with Crippen LogP contribution in [0.4, 0.5) is 14.5 Å². The highest BCUT2D eigenvalue weighted by atomic mass is 79.9. The number of carbonyl (C=O) groups is 1. The van der Waals surface area contributed by atoms with Crippen LogP contribution in [0.5, 0.6) is 0 Å². The van der Waals surface area contributed by atoms with Crippen LogP contribution in [0.25, 0.3) is 0 Å². The van der Waals surface area contributed by atoms with Gasteiger partial charge in [0.15, 0.2) is 11.6 Å². The van der Waals surface area contributed by atoms with Crippen LogP contribution in [0.3, 0.4) is 0 Å². The topological polar surface area (TPSA) is 52.9 Å². The quantitative estimate of drug-likeness (QED) is 0.905. The number of rotatable bonds is 2. The maximum atomic E-state index is 13.6. The molecule has 0 atom stereocenters. The van der Waals surface area contributed by atoms with E-state index in [1.165, 1.54) is 24.3 Å². The van der Waals surface area contributed by atoms with Gasteiger partial charge in [-0.25, -0.2) is 8.78 Å². The summed E-state index contributed by atoms with van der Waals surface area (Å²) in [5.74, 6) is -2.41. The number of carbonyl (C=O) groups excluding carboxylic acids is 1. The standard InChI is InChI=1S/C14H7BrF2N2O/c15-10-5-11(16)13(12(17)6-10)19-14(20)9-3-1-8(7-18)2-4-9/h1-6H,(H,19,20). The highest BCUT2D eigenvalue weighted by Gasteiger charge is 2.14. The van der Waals surface area contributed by atoms with Gasteiger partial charge in [0.1, 0.15) is 5.69 Å². The van der Waals surface area contributed by atoms with Crippen LogP contribution in [-0.4, -0.2) is 5.91 Å². The van der Waals surface area contributed by atoms with E-state index in [1.54, 1.807) is 0 Å². The average Bonchev–Trinajstić information content (AvgIpc) is 2.42. The fourth-order valence-electron chi connectivity index (χ4n) is 1.54. The fourth-order valence-corrected chi connectivity index (χ4v) is 1.95. The Hall–Kier alpha value is -2.26. The summed E-state index contributed by atoms with van der Waals surface area (Å²) in [4.78, 5) is 11.9. The normalized spacial score (nSPS) is 9.90. The summed E-state index contributed by atoms with van der Waals surface area (Å²) >= 11 is 2.95. The van der Waals surface area contributed by atoms with Crippen molar-refractivity contribution in [2.75, 3.05) is 5.32 Å². The Morgan fingerprint density at radius 3 is 2.20 bits per heavy atom. The second kappa shape index (κ2) is 5.80. The van der Waals surface area contributed by atoms with E-state index >= 15 is 0 Å². The molecule has 2 rings (SSSR count). The molecule has 1 amide bonds. The van der Waals surface area contributed by atoms with E-state index in [0.29, 0.717) is 5.56 Å². The van der Waals surface area contributed by atoms with Gasteiger partial charge in [-0.05, 0) is 36.4 Å². The molecule has 0 bridgehead atoms. The lowest BCUT2D eigenvalue weighted by molar-refractivity contribution is 0.102. The Bertz CT molecular complexity index is 685. The highest BCUT2D eigenvalue weighted by molar-refractivity contribution is 9.10. The van der Waals surface area contributed by atoms with Gasteiger partial charge in [0.2, 0.25) is 0 Å². The summed E-state index contributed by atoms with van der Waals surface area (Å²) in [7, 11) is 0. The van der Waals surface area contributed by atoms with Crippen LogP contribution in [0.2, 0.25) is 0 Å². The number of amides is 1. The first-order valence-corrected chi connectivity index (χ1v) is 6.26. The van der Waals surface area contributed by atoms with Gasteiger partial charge in [-0.3, -0.25) is 4.79 Å². The third kappa shape index (κ3) is 3.00. The Morgan fingerprint density at radius 2 is 1.70 bits per heavy atom. The minimum absolute atomic E-state index is 0.200. The molecule has 2 aromatic carbocycles. The van der Waals surface area contributed by atoms with Crippen LogP contribution < -0.4 is 5.32 Å². The lowest BCUT2D eigenvalue weighted by Gasteiger charge is -2.08. The van der Waals surface area contributed by atoms with Crippen LogP contribution in [0.15, 0.2) is 40.9 Å². The van der Waals surface area contributed by atoms with Gasteiger partial charge in [0.25, 0.3) is 5.91 Å². The van der Waals surface area contributed by atoms with Crippen molar-refractivity contribution in [2.24, 2.45) is 0 Å². The van der Waals surface area contributed by atoms with E-state index < -0.39 is 23.2 Å². The minimum Gasteiger partial charge on any atom is -0.317 e. The van der Waals surface area contributed by atoms with Crippen LogP contribution in [-0.2, 0) is 0 Å². The Morgan fingerprint density at radius 1 is 1.15 bits per heavy atom. The zero-order valence-electron chi connectivity index (χ0n) is 9.95.